The van der Waals surface area contributed by atoms with Crippen LogP contribution < -0.4 is 9.80 Å². The number of anilines is 2. The van der Waals surface area contributed by atoms with E-state index >= 15 is 0 Å². The number of rotatable bonds is 5. The second-order valence-corrected chi connectivity index (χ2v) is 9.27. The third-order valence-corrected chi connectivity index (χ3v) is 6.55. The lowest BCUT2D eigenvalue weighted by Crippen LogP contribution is -2.39. The Morgan fingerprint density at radius 1 is 0.917 bits per heavy atom. The first-order valence-corrected chi connectivity index (χ1v) is 12.4. The van der Waals surface area contributed by atoms with Gasteiger partial charge >= 0.3 is 0 Å². The highest BCUT2D eigenvalue weighted by molar-refractivity contribution is 5.94. The molecule has 1 aliphatic heterocycles. The Morgan fingerprint density at radius 2 is 1.56 bits per heavy atom. The molecule has 1 aliphatic rings. The quantitative estimate of drug-likeness (QED) is 0.605. The summed E-state index contributed by atoms with van der Waals surface area (Å²) in [6, 6.07) is 8.21. The normalized spacial score (nSPS) is 15.6. The number of fused-ring (bicyclic) bond motifs is 1. The smallest absolute Gasteiger partial charge is 0.226 e. The average molecular weight is 505 g/mol. The predicted octanol–water partition coefficient (Wildman–Crippen LogP) is 4.43. The molecule has 0 fully saturated rings. The van der Waals surface area contributed by atoms with Crippen molar-refractivity contribution in [2.45, 2.75) is 39.2 Å². The second kappa shape index (κ2) is 12.8. The molecule has 0 aliphatic carbocycles. The zero-order valence-corrected chi connectivity index (χ0v) is 21.3. The van der Waals surface area contributed by atoms with Crippen LogP contribution in [0.15, 0.2) is 36.4 Å². The number of amides is 2. The highest BCUT2D eigenvalue weighted by Gasteiger charge is 2.24. The Hall–Kier alpha value is -3.07. The first-order valence-electron chi connectivity index (χ1n) is 12.4. The lowest BCUT2D eigenvalue weighted by atomic mass is 10.1. The van der Waals surface area contributed by atoms with E-state index < -0.39 is 11.6 Å². The van der Waals surface area contributed by atoms with Crippen molar-refractivity contribution < 1.29 is 22.8 Å². The van der Waals surface area contributed by atoms with E-state index in [1.165, 1.54) is 17.0 Å². The van der Waals surface area contributed by atoms with Crippen molar-refractivity contribution >= 4 is 23.2 Å². The topological polar surface area (TPSA) is 47.1 Å². The van der Waals surface area contributed by atoms with Crippen LogP contribution in [0.25, 0.3) is 0 Å². The minimum atomic E-state index is -1.02. The zero-order chi connectivity index (χ0) is 26.2. The molecule has 2 aromatic carbocycles. The summed E-state index contributed by atoms with van der Waals surface area (Å²) in [7, 11) is 3.82. The zero-order valence-electron chi connectivity index (χ0n) is 21.3. The van der Waals surface area contributed by atoms with Gasteiger partial charge in [0.25, 0.3) is 0 Å². The van der Waals surface area contributed by atoms with Gasteiger partial charge in [-0.05, 0) is 68.9 Å². The molecule has 0 saturated carbocycles. The molecule has 0 aromatic heterocycles. The van der Waals surface area contributed by atoms with E-state index in [-0.39, 0.29) is 37.0 Å². The third-order valence-electron chi connectivity index (χ3n) is 6.55. The molecule has 196 valence electrons. The number of hydrogen-bond acceptors (Lipinski definition) is 4. The summed E-state index contributed by atoms with van der Waals surface area (Å²) in [5.74, 6) is -2.67. The molecule has 0 radical (unpaired) electrons. The third kappa shape index (κ3) is 7.22. The molecule has 2 aromatic rings. The molecule has 0 atom stereocenters. The summed E-state index contributed by atoms with van der Waals surface area (Å²) in [6.45, 7) is 4.55. The van der Waals surface area contributed by atoms with E-state index in [1.807, 2.05) is 19.0 Å². The molecule has 0 spiro atoms. The van der Waals surface area contributed by atoms with E-state index in [0.717, 1.165) is 37.3 Å². The highest BCUT2D eigenvalue weighted by atomic mass is 19.2. The molecule has 9 heteroatoms. The van der Waals surface area contributed by atoms with Gasteiger partial charge in [-0.1, -0.05) is 6.92 Å². The van der Waals surface area contributed by atoms with Crippen molar-refractivity contribution in [3.05, 3.63) is 59.4 Å². The van der Waals surface area contributed by atoms with Crippen LogP contribution in [0, 0.1) is 17.5 Å². The van der Waals surface area contributed by atoms with Gasteiger partial charge in [0.05, 0.1) is 5.69 Å². The molecule has 0 unspecified atom stereocenters. The Labute approximate surface area is 211 Å². The fourth-order valence-corrected chi connectivity index (χ4v) is 4.41. The van der Waals surface area contributed by atoms with Gasteiger partial charge in [0.1, 0.15) is 5.82 Å². The Bertz CT molecular complexity index is 1050. The fraction of sp³-hybridized carbons (Fsp3) is 0.481. The monoisotopic (exact) mass is 504 g/mol. The Balaban J connectivity index is 1.86. The van der Waals surface area contributed by atoms with Crippen molar-refractivity contribution in [3.8, 4) is 0 Å². The van der Waals surface area contributed by atoms with Gasteiger partial charge in [-0.3, -0.25) is 9.59 Å². The molecule has 3 rings (SSSR count). The highest BCUT2D eigenvalue weighted by Crippen LogP contribution is 2.27. The van der Waals surface area contributed by atoms with Crippen LogP contribution in [0.4, 0.5) is 24.5 Å². The Kier molecular flexibility index (Phi) is 9.75. The number of carbonyl (C=O) groups excluding carboxylic acids is 2. The summed E-state index contributed by atoms with van der Waals surface area (Å²) in [5, 5.41) is 0. The number of benzene rings is 2. The van der Waals surface area contributed by atoms with E-state index in [4.69, 9.17) is 0 Å². The Morgan fingerprint density at radius 3 is 2.22 bits per heavy atom. The summed E-state index contributed by atoms with van der Waals surface area (Å²) in [5.41, 5.74) is 1.51. The van der Waals surface area contributed by atoms with Crippen molar-refractivity contribution in [3.63, 3.8) is 0 Å². The van der Waals surface area contributed by atoms with Crippen LogP contribution in [-0.2, 0) is 16.1 Å². The number of nitrogens with zero attached hydrogens (tertiary/aromatic N) is 4. The van der Waals surface area contributed by atoms with Gasteiger partial charge in [0, 0.05) is 57.8 Å². The van der Waals surface area contributed by atoms with Crippen LogP contribution in [0.5, 0.6) is 0 Å². The van der Waals surface area contributed by atoms with Gasteiger partial charge in [-0.2, -0.15) is 0 Å². The summed E-state index contributed by atoms with van der Waals surface area (Å²) >= 11 is 0. The van der Waals surface area contributed by atoms with E-state index in [0.29, 0.717) is 37.3 Å². The minimum Gasteiger partial charge on any atom is -0.374 e. The van der Waals surface area contributed by atoms with Crippen LogP contribution >= 0.6 is 0 Å². The van der Waals surface area contributed by atoms with Crippen LogP contribution in [-0.4, -0.2) is 68.4 Å². The molecule has 2 amide bonds. The number of carbonyl (C=O) groups is 2. The maximum atomic E-state index is 14.3. The molecule has 1 heterocycles. The molecule has 0 saturated heterocycles. The summed E-state index contributed by atoms with van der Waals surface area (Å²) < 4.78 is 41.8. The maximum Gasteiger partial charge on any atom is 0.226 e. The minimum absolute atomic E-state index is 0.0723. The van der Waals surface area contributed by atoms with Gasteiger partial charge in [-0.25, -0.2) is 13.2 Å². The molecule has 6 nitrogen and oxygen atoms in total. The molecule has 0 N–H and O–H groups in total. The van der Waals surface area contributed by atoms with Crippen molar-refractivity contribution in [2.75, 3.05) is 56.6 Å². The predicted molar refractivity (Wildman–Crippen MR) is 135 cm³/mol. The molecular weight excluding hydrogens is 469 g/mol. The molecule has 36 heavy (non-hydrogen) atoms. The molecule has 0 bridgehead atoms. The van der Waals surface area contributed by atoms with Crippen LogP contribution in [0.2, 0.25) is 0 Å². The van der Waals surface area contributed by atoms with Gasteiger partial charge < -0.3 is 19.6 Å². The van der Waals surface area contributed by atoms with Crippen molar-refractivity contribution in [2.24, 2.45) is 0 Å². The van der Waals surface area contributed by atoms with E-state index in [2.05, 4.69) is 4.90 Å². The summed E-state index contributed by atoms with van der Waals surface area (Å²) in [4.78, 5) is 33.2. The van der Waals surface area contributed by atoms with Gasteiger partial charge in [-0.15, -0.1) is 0 Å². The van der Waals surface area contributed by atoms with Gasteiger partial charge in [0.2, 0.25) is 11.8 Å². The fourth-order valence-electron chi connectivity index (χ4n) is 4.41. The maximum absolute atomic E-state index is 14.3. The largest absolute Gasteiger partial charge is 0.374 e. The lowest BCUT2D eigenvalue weighted by Gasteiger charge is -2.31. The van der Waals surface area contributed by atoms with Crippen molar-refractivity contribution in [1.82, 2.24) is 9.80 Å². The first kappa shape index (κ1) is 27.5. The molecular formula is C27H35F3N4O2. The van der Waals surface area contributed by atoms with E-state index in [1.54, 1.807) is 24.0 Å². The van der Waals surface area contributed by atoms with Crippen LogP contribution in [0.3, 0.4) is 0 Å². The van der Waals surface area contributed by atoms with E-state index in [9.17, 15) is 22.8 Å². The standard InChI is InChI=1S/C27H35F3N4O2/c1-4-26(35)34-15-6-13-31(2)12-5-14-33(19-20-17-23(29)24(30)18-25(20)34)27(36)11-16-32(3)22-9-7-21(28)8-10-22/h7-10,17-18H,4-6,11-16,19H2,1-3H3. The first-order chi connectivity index (χ1) is 17.2. The number of hydrogen-bond donors (Lipinski definition) is 0. The summed E-state index contributed by atoms with van der Waals surface area (Å²) in [6.07, 6.45) is 1.85. The van der Waals surface area contributed by atoms with Crippen molar-refractivity contribution in [1.29, 1.82) is 0 Å². The average Bonchev–Trinajstić information content (AvgIpc) is 2.85. The van der Waals surface area contributed by atoms with Gasteiger partial charge in [0.15, 0.2) is 11.6 Å². The van der Waals surface area contributed by atoms with Crippen LogP contribution in [0.1, 0.15) is 38.2 Å². The lowest BCUT2D eigenvalue weighted by molar-refractivity contribution is -0.131. The SMILES string of the molecule is CCC(=O)N1CCCN(C)CCCN(C(=O)CCN(C)c2ccc(F)cc2)Cc2cc(F)c(F)cc21. The number of halogens is 3. The second-order valence-electron chi connectivity index (χ2n) is 9.27.